The second kappa shape index (κ2) is 5.72. The van der Waals surface area contributed by atoms with Gasteiger partial charge < -0.3 is 15.6 Å². The molecule has 0 radical (unpaired) electrons. The lowest BCUT2D eigenvalue weighted by molar-refractivity contribution is 0.392. The van der Waals surface area contributed by atoms with Crippen LogP contribution in [-0.4, -0.2) is 35.6 Å². The van der Waals surface area contributed by atoms with Crippen molar-refractivity contribution >= 4 is 11.0 Å². The van der Waals surface area contributed by atoms with Crippen LogP contribution in [0.4, 0.5) is 0 Å². The summed E-state index contributed by atoms with van der Waals surface area (Å²) >= 11 is 0. The van der Waals surface area contributed by atoms with Crippen molar-refractivity contribution in [3.05, 3.63) is 29.6 Å². The van der Waals surface area contributed by atoms with Gasteiger partial charge in [0.25, 0.3) is 0 Å². The third-order valence-corrected chi connectivity index (χ3v) is 3.81. The molecule has 1 aromatic heterocycles. The molecule has 1 saturated heterocycles. The molecule has 3 N–H and O–H groups in total. The number of benzene rings is 1. The van der Waals surface area contributed by atoms with Crippen LogP contribution in [0.3, 0.4) is 0 Å². The lowest BCUT2D eigenvalue weighted by atomic mass is 10.1. The molecule has 0 saturated carbocycles. The second-order valence-electron chi connectivity index (χ2n) is 5.42. The molecule has 19 heavy (non-hydrogen) atoms. The summed E-state index contributed by atoms with van der Waals surface area (Å²) in [6.07, 6.45) is 3.66. The van der Waals surface area contributed by atoms with E-state index < -0.39 is 0 Å². The molecule has 1 aliphatic rings. The van der Waals surface area contributed by atoms with Gasteiger partial charge in [0, 0.05) is 12.6 Å². The quantitative estimate of drug-likeness (QED) is 0.783. The molecule has 2 aromatic rings. The third-order valence-electron chi connectivity index (χ3n) is 3.81. The van der Waals surface area contributed by atoms with Gasteiger partial charge in [-0.1, -0.05) is 6.07 Å². The van der Waals surface area contributed by atoms with E-state index in [2.05, 4.69) is 38.8 Å². The van der Waals surface area contributed by atoms with Gasteiger partial charge in [-0.3, -0.25) is 0 Å². The summed E-state index contributed by atoms with van der Waals surface area (Å²) in [6.45, 7) is 5.33. The highest BCUT2D eigenvalue weighted by Crippen LogP contribution is 2.13. The smallest absolute Gasteiger partial charge is 0.104 e. The van der Waals surface area contributed by atoms with Crippen LogP contribution in [0.15, 0.2) is 18.2 Å². The summed E-state index contributed by atoms with van der Waals surface area (Å²) in [5, 5.41) is 7.07. The average Bonchev–Trinajstić information content (AvgIpc) is 2.79. The molecule has 1 aromatic carbocycles. The summed E-state index contributed by atoms with van der Waals surface area (Å²) in [4.78, 5) is 7.73. The zero-order chi connectivity index (χ0) is 13.1. The van der Waals surface area contributed by atoms with Crippen LogP contribution < -0.4 is 10.6 Å². The Hall–Kier alpha value is -1.39. The van der Waals surface area contributed by atoms with E-state index >= 15 is 0 Å². The number of H-pyrrole nitrogens is 1. The molecule has 0 spiro atoms. The molecule has 1 fully saturated rings. The monoisotopic (exact) mass is 258 g/mol. The highest BCUT2D eigenvalue weighted by molar-refractivity contribution is 5.75. The summed E-state index contributed by atoms with van der Waals surface area (Å²) in [5.41, 5.74) is 3.58. The number of piperidine rings is 1. The van der Waals surface area contributed by atoms with Crippen molar-refractivity contribution in [3.8, 4) is 0 Å². The minimum absolute atomic E-state index is 0.645. The molecule has 4 heteroatoms. The molecule has 1 aliphatic heterocycles. The van der Waals surface area contributed by atoms with Gasteiger partial charge in [-0.15, -0.1) is 0 Å². The molecule has 2 heterocycles. The Morgan fingerprint density at radius 1 is 1.42 bits per heavy atom. The standard InChI is InChI=1S/C15H22N4/c1-11-18-14-5-4-12(9-15(14)19-11)6-8-17-13-3-2-7-16-10-13/h4-5,9,13,16-17H,2-3,6-8,10H2,1H3,(H,18,19). The highest BCUT2D eigenvalue weighted by atomic mass is 15.0. The summed E-state index contributed by atoms with van der Waals surface area (Å²) < 4.78 is 0. The SMILES string of the molecule is Cc1nc2ccc(CCNC3CCCNC3)cc2[nH]1. The molecule has 0 amide bonds. The second-order valence-corrected chi connectivity index (χ2v) is 5.42. The summed E-state index contributed by atoms with van der Waals surface area (Å²) in [6, 6.07) is 7.16. The molecule has 1 atom stereocenters. The summed E-state index contributed by atoms with van der Waals surface area (Å²) in [7, 11) is 0. The number of aromatic amines is 1. The molecule has 1 unspecified atom stereocenters. The van der Waals surface area contributed by atoms with Crippen molar-refractivity contribution in [2.75, 3.05) is 19.6 Å². The van der Waals surface area contributed by atoms with Crippen LogP contribution in [0.25, 0.3) is 11.0 Å². The van der Waals surface area contributed by atoms with Gasteiger partial charge in [0.2, 0.25) is 0 Å². The molecular formula is C15H22N4. The van der Waals surface area contributed by atoms with E-state index in [-0.39, 0.29) is 0 Å². The van der Waals surface area contributed by atoms with E-state index in [9.17, 15) is 0 Å². The van der Waals surface area contributed by atoms with Gasteiger partial charge in [0.1, 0.15) is 5.82 Å². The molecule has 3 rings (SSSR count). The van der Waals surface area contributed by atoms with E-state index in [0.29, 0.717) is 6.04 Å². The van der Waals surface area contributed by atoms with E-state index in [1.54, 1.807) is 0 Å². The van der Waals surface area contributed by atoms with Crippen LogP contribution in [0.2, 0.25) is 0 Å². The van der Waals surface area contributed by atoms with Crippen LogP contribution in [-0.2, 0) is 6.42 Å². The van der Waals surface area contributed by atoms with Gasteiger partial charge in [0.15, 0.2) is 0 Å². The largest absolute Gasteiger partial charge is 0.342 e. The number of hydrogen-bond donors (Lipinski definition) is 3. The Morgan fingerprint density at radius 3 is 3.21 bits per heavy atom. The van der Waals surface area contributed by atoms with Crippen LogP contribution >= 0.6 is 0 Å². The fourth-order valence-electron chi connectivity index (χ4n) is 2.79. The van der Waals surface area contributed by atoms with Gasteiger partial charge in [-0.25, -0.2) is 4.98 Å². The Bertz CT molecular complexity index is 540. The minimum Gasteiger partial charge on any atom is -0.342 e. The zero-order valence-electron chi connectivity index (χ0n) is 11.5. The molecule has 4 nitrogen and oxygen atoms in total. The van der Waals surface area contributed by atoms with E-state index in [1.807, 2.05) is 6.92 Å². The number of rotatable bonds is 4. The van der Waals surface area contributed by atoms with Crippen molar-refractivity contribution in [2.45, 2.75) is 32.2 Å². The first-order valence-electron chi connectivity index (χ1n) is 7.20. The number of aryl methyl sites for hydroxylation is 1. The fourth-order valence-corrected chi connectivity index (χ4v) is 2.79. The molecular weight excluding hydrogens is 236 g/mol. The first-order valence-corrected chi connectivity index (χ1v) is 7.20. The minimum atomic E-state index is 0.645. The van der Waals surface area contributed by atoms with Crippen LogP contribution in [0.5, 0.6) is 0 Å². The number of hydrogen-bond acceptors (Lipinski definition) is 3. The van der Waals surface area contributed by atoms with Gasteiger partial charge in [-0.05, 0) is 57.0 Å². The Labute approximate surface area is 114 Å². The molecule has 0 bridgehead atoms. The number of nitrogens with one attached hydrogen (secondary N) is 3. The Balaban J connectivity index is 1.55. The van der Waals surface area contributed by atoms with Crippen molar-refractivity contribution in [1.82, 2.24) is 20.6 Å². The van der Waals surface area contributed by atoms with Crippen LogP contribution in [0.1, 0.15) is 24.2 Å². The van der Waals surface area contributed by atoms with Crippen molar-refractivity contribution in [1.29, 1.82) is 0 Å². The van der Waals surface area contributed by atoms with Crippen LogP contribution in [0, 0.1) is 6.92 Å². The lowest BCUT2D eigenvalue weighted by Gasteiger charge is -2.23. The van der Waals surface area contributed by atoms with Crippen molar-refractivity contribution in [3.63, 3.8) is 0 Å². The Morgan fingerprint density at radius 2 is 2.37 bits per heavy atom. The predicted molar refractivity (Wildman–Crippen MR) is 78.4 cm³/mol. The van der Waals surface area contributed by atoms with Crippen molar-refractivity contribution in [2.24, 2.45) is 0 Å². The Kier molecular flexibility index (Phi) is 3.80. The molecule has 0 aliphatic carbocycles. The number of fused-ring (bicyclic) bond motifs is 1. The average molecular weight is 258 g/mol. The van der Waals surface area contributed by atoms with Gasteiger partial charge in [0.05, 0.1) is 11.0 Å². The highest BCUT2D eigenvalue weighted by Gasteiger charge is 2.11. The van der Waals surface area contributed by atoms with Crippen molar-refractivity contribution < 1.29 is 0 Å². The van der Waals surface area contributed by atoms with E-state index in [1.165, 1.54) is 24.9 Å². The van der Waals surface area contributed by atoms with Gasteiger partial charge in [-0.2, -0.15) is 0 Å². The molecule has 102 valence electrons. The topological polar surface area (TPSA) is 52.7 Å². The first kappa shape index (κ1) is 12.6. The van der Waals surface area contributed by atoms with E-state index in [4.69, 9.17) is 0 Å². The third kappa shape index (κ3) is 3.14. The lowest BCUT2D eigenvalue weighted by Crippen LogP contribution is -2.43. The van der Waals surface area contributed by atoms with E-state index in [0.717, 1.165) is 36.4 Å². The van der Waals surface area contributed by atoms with Gasteiger partial charge >= 0.3 is 0 Å². The predicted octanol–water partition coefficient (Wildman–Crippen LogP) is 1.76. The number of nitrogens with zero attached hydrogens (tertiary/aromatic N) is 1. The number of imidazole rings is 1. The maximum atomic E-state index is 4.43. The number of aromatic nitrogens is 2. The maximum absolute atomic E-state index is 4.43. The first-order chi connectivity index (χ1) is 9.31. The maximum Gasteiger partial charge on any atom is 0.104 e. The summed E-state index contributed by atoms with van der Waals surface area (Å²) in [5.74, 6) is 0.985. The normalized spacial score (nSPS) is 19.9. The zero-order valence-corrected chi connectivity index (χ0v) is 11.5. The fraction of sp³-hybridized carbons (Fsp3) is 0.533.